The molecule has 4 heterocycles. The minimum atomic E-state index is -0.145. The molecule has 1 amide bonds. The molecule has 0 radical (unpaired) electrons. The molecule has 2 aromatic heterocycles. The van der Waals surface area contributed by atoms with E-state index in [4.69, 9.17) is 9.26 Å². The van der Waals surface area contributed by atoms with Crippen molar-refractivity contribution in [1.29, 1.82) is 0 Å². The van der Waals surface area contributed by atoms with Gasteiger partial charge in [-0.1, -0.05) is 11.2 Å². The number of likely N-dealkylation sites (tertiary alicyclic amines) is 1. The lowest BCUT2D eigenvalue weighted by atomic mass is 9.89. The van der Waals surface area contributed by atoms with Gasteiger partial charge in [-0.3, -0.25) is 14.7 Å². The number of rotatable bonds is 3. The largest absolute Gasteiger partial charge is 0.372 e. The molecule has 138 valence electrons. The van der Waals surface area contributed by atoms with Crippen molar-refractivity contribution in [3.63, 3.8) is 0 Å². The van der Waals surface area contributed by atoms with E-state index in [1.165, 1.54) is 0 Å². The second-order valence-electron chi connectivity index (χ2n) is 7.14. The van der Waals surface area contributed by atoms with Crippen LogP contribution in [-0.4, -0.2) is 64.2 Å². The highest BCUT2D eigenvalue weighted by Crippen LogP contribution is 2.31. The highest BCUT2D eigenvalue weighted by molar-refractivity contribution is 5.73. The van der Waals surface area contributed by atoms with Gasteiger partial charge in [-0.2, -0.15) is 0 Å². The van der Waals surface area contributed by atoms with Crippen LogP contribution in [0.1, 0.15) is 25.5 Å². The first-order chi connectivity index (χ1) is 12.6. The highest BCUT2D eigenvalue weighted by Gasteiger charge is 2.40. The fourth-order valence-electron chi connectivity index (χ4n) is 3.83. The third-order valence-electron chi connectivity index (χ3n) is 5.31. The number of pyridine rings is 1. The lowest BCUT2D eigenvalue weighted by Crippen LogP contribution is -2.57. The highest BCUT2D eigenvalue weighted by atomic mass is 16.5. The van der Waals surface area contributed by atoms with Gasteiger partial charge in [0.15, 0.2) is 5.76 Å². The van der Waals surface area contributed by atoms with Gasteiger partial charge in [-0.05, 0) is 25.0 Å². The Morgan fingerprint density at radius 3 is 2.81 bits per heavy atom. The number of carbonyl (C=O) groups excluding carboxylic acids is 1. The molecular formula is C19H24N4O3. The van der Waals surface area contributed by atoms with Gasteiger partial charge in [0.1, 0.15) is 5.69 Å². The van der Waals surface area contributed by atoms with Crippen LogP contribution in [-0.2, 0) is 16.1 Å². The van der Waals surface area contributed by atoms with Crippen molar-refractivity contribution in [3.05, 3.63) is 36.2 Å². The van der Waals surface area contributed by atoms with E-state index in [0.717, 1.165) is 56.2 Å². The molecule has 0 unspecified atom stereocenters. The molecule has 26 heavy (non-hydrogen) atoms. The summed E-state index contributed by atoms with van der Waals surface area (Å²) in [6, 6.07) is 7.71. The van der Waals surface area contributed by atoms with Gasteiger partial charge >= 0.3 is 0 Å². The first kappa shape index (κ1) is 17.2. The topological polar surface area (TPSA) is 71.7 Å². The number of hydrogen-bond acceptors (Lipinski definition) is 6. The molecule has 7 heteroatoms. The molecule has 0 aliphatic carbocycles. The van der Waals surface area contributed by atoms with Crippen LogP contribution in [0.3, 0.4) is 0 Å². The van der Waals surface area contributed by atoms with Crippen LogP contribution < -0.4 is 0 Å². The summed E-state index contributed by atoms with van der Waals surface area (Å²) < 4.78 is 11.7. The zero-order valence-corrected chi connectivity index (χ0v) is 15.1. The summed E-state index contributed by atoms with van der Waals surface area (Å²) >= 11 is 0. The number of piperidine rings is 1. The summed E-state index contributed by atoms with van der Waals surface area (Å²) in [5, 5.41) is 4.15. The maximum absolute atomic E-state index is 11.5. The third-order valence-corrected chi connectivity index (χ3v) is 5.31. The van der Waals surface area contributed by atoms with E-state index in [9.17, 15) is 4.79 Å². The Balaban J connectivity index is 1.39. The van der Waals surface area contributed by atoms with Gasteiger partial charge in [-0.25, -0.2) is 0 Å². The summed E-state index contributed by atoms with van der Waals surface area (Å²) in [6.45, 7) is 6.33. The van der Waals surface area contributed by atoms with E-state index >= 15 is 0 Å². The van der Waals surface area contributed by atoms with Crippen molar-refractivity contribution in [2.24, 2.45) is 0 Å². The van der Waals surface area contributed by atoms with Gasteiger partial charge < -0.3 is 14.2 Å². The molecule has 7 nitrogen and oxygen atoms in total. The maximum Gasteiger partial charge on any atom is 0.219 e. The first-order valence-corrected chi connectivity index (χ1v) is 9.12. The number of ether oxygens (including phenoxy) is 1. The molecule has 0 saturated carbocycles. The molecule has 4 rings (SSSR count). The Bertz CT molecular complexity index is 753. The average molecular weight is 356 g/mol. The molecule has 2 aliphatic rings. The monoisotopic (exact) mass is 356 g/mol. The molecule has 2 fully saturated rings. The molecule has 2 saturated heterocycles. The zero-order valence-electron chi connectivity index (χ0n) is 15.1. The summed E-state index contributed by atoms with van der Waals surface area (Å²) in [4.78, 5) is 20.1. The van der Waals surface area contributed by atoms with Crippen molar-refractivity contribution < 1.29 is 14.1 Å². The van der Waals surface area contributed by atoms with Crippen molar-refractivity contribution >= 4 is 5.91 Å². The fourth-order valence-corrected chi connectivity index (χ4v) is 3.83. The van der Waals surface area contributed by atoms with Gasteiger partial charge in [0.25, 0.3) is 0 Å². The quantitative estimate of drug-likeness (QED) is 0.837. The third kappa shape index (κ3) is 3.64. The predicted molar refractivity (Wildman–Crippen MR) is 95.2 cm³/mol. The lowest BCUT2D eigenvalue weighted by molar-refractivity contribution is -0.150. The van der Waals surface area contributed by atoms with Crippen molar-refractivity contribution in [2.75, 3.05) is 32.8 Å². The Hall–Kier alpha value is -2.25. The number of carbonyl (C=O) groups is 1. The molecule has 0 atom stereocenters. The average Bonchev–Trinajstić information content (AvgIpc) is 3.11. The molecule has 0 aromatic carbocycles. The molecular weight excluding hydrogens is 332 g/mol. The van der Waals surface area contributed by atoms with E-state index in [1.807, 2.05) is 29.2 Å². The number of amides is 1. The van der Waals surface area contributed by atoms with Gasteiger partial charge in [-0.15, -0.1) is 0 Å². The second-order valence-corrected chi connectivity index (χ2v) is 7.14. The van der Waals surface area contributed by atoms with Gasteiger partial charge in [0.2, 0.25) is 5.91 Å². The van der Waals surface area contributed by atoms with Crippen LogP contribution in [0.4, 0.5) is 0 Å². The summed E-state index contributed by atoms with van der Waals surface area (Å²) in [5.74, 6) is 0.986. The Morgan fingerprint density at radius 2 is 2.08 bits per heavy atom. The Labute approximate surface area is 152 Å². The fraction of sp³-hybridized carbons (Fsp3) is 0.526. The Morgan fingerprint density at radius 1 is 1.23 bits per heavy atom. The summed E-state index contributed by atoms with van der Waals surface area (Å²) in [7, 11) is 0. The molecule has 2 aliphatic heterocycles. The van der Waals surface area contributed by atoms with E-state index in [1.54, 1.807) is 13.1 Å². The standard InChI is InChI=1S/C19H24N4O3/c1-15(24)23-8-5-19(6-9-23)14-22(10-11-25-19)13-16-12-18(21-26-16)17-4-2-3-7-20-17/h2-4,7,12H,5-6,8-11,13-14H2,1H3. The normalized spacial score (nSPS) is 20.4. The second kappa shape index (κ2) is 7.17. The lowest BCUT2D eigenvalue weighted by Gasteiger charge is -2.47. The van der Waals surface area contributed by atoms with Crippen molar-refractivity contribution in [2.45, 2.75) is 31.9 Å². The van der Waals surface area contributed by atoms with E-state index in [2.05, 4.69) is 15.0 Å². The van der Waals surface area contributed by atoms with Crippen LogP contribution in [0.15, 0.2) is 35.0 Å². The number of nitrogens with zero attached hydrogens (tertiary/aromatic N) is 4. The minimum absolute atomic E-state index is 0.145. The van der Waals surface area contributed by atoms with Crippen LogP contribution in [0.5, 0.6) is 0 Å². The van der Waals surface area contributed by atoms with Crippen LogP contribution in [0.2, 0.25) is 0 Å². The van der Waals surface area contributed by atoms with E-state index in [-0.39, 0.29) is 11.5 Å². The number of morpholine rings is 1. The van der Waals surface area contributed by atoms with Gasteiger partial charge in [0, 0.05) is 45.4 Å². The molecule has 1 spiro atoms. The number of aromatic nitrogens is 2. The SMILES string of the molecule is CC(=O)N1CCC2(CC1)CN(Cc1cc(-c3ccccn3)no1)CCO2. The van der Waals surface area contributed by atoms with E-state index in [0.29, 0.717) is 13.2 Å². The van der Waals surface area contributed by atoms with Crippen LogP contribution >= 0.6 is 0 Å². The first-order valence-electron chi connectivity index (χ1n) is 9.12. The molecule has 0 bridgehead atoms. The van der Waals surface area contributed by atoms with Crippen LogP contribution in [0.25, 0.3) is 11.4 Å². The molecule has 0 N–H and O–H groups in total. The maximum atomic E-state index is 11.5. The van der Waals surface area contributed by atoms with Crippen molar-refractivity contribution in [3.8, 4) is 11.4 Å². The van der Waals surface area contributed by atoms with Crippen LogP contribution in [0, 0.1) is 0 Å². The Kier molecular flexibility index (Phi) is 4.74. The van der Waals surface area contributed by atoms with Gasteiger partial charge in [0.05, 0.1) is 24.4 Å². The smallest absolute Gasteiger partial charge is 0.219 e. The van der Waals surface area contributed by atoms with E-state index < -0.39 is 0 Å². The van der Waals surface area contributed by atoms with Crippen molar-refractivity contribution in [1.82, 2.24) is 19.9 Å². The zero-order chi connectivity index (χ0) is 18.0. The summed E-state index contributed by atoms with van der Waals surface area (Å²) in [6.07, 6.45) is 3.53. The number of hydrogen-bond donors (Lipinski definition) is 0. The molecule has 2 aromatic rings. The minimum Gasteiger partial charge on any atom is -0.372 e. The summed E-state index contributed by atoms with van der Waals surface area (Å²) in [5.41, 5.74) is 1.43. The predicted octanol–water partition coefficient (Wildman–Crippen LogP) is 1.95.